The van der Waals surface area contributed by atoms with Crippen molar-refractivity contribution >= 4 is 11.9 Å². The fourth-order valence-electron chi connectivity index (χ4n) is 1.93. The van der Waals surface area contributed by atoms with Crippen LogP contribution in [-0.2, 0) is 11.3 Å². The molecular formula is C11H17N5O2. The standard InChI is InChI=1S/C11H17N5O2/c17-9-7-16(5-1-4-12-9)11-15-14-10(18-11)6-13-8-2-3-8/h8,13H,1-7H2,(H,12,17). The molecule has 1 aromatic heterocycles. The van der Waals surface area contributed by atoms with E-state index in [1.807, 2.05) is 4.90 Å². The van der Waals surface area contributed by atoms with E-state index < -0.39 is 0 Å². The molecule has 3 rings (SSSR count). The lowest BCUT2D eigenvalue weighted by Gasteiger charge is -2.14. The van der Waals surface area contributed by atoms with Gasteiger partial charge in [0.25, 0.3) is 0 Å². The molecule has 0 atom stereocenters. The number of amides is 1. The monoisotopic (exact) mass is 251 g/mol. The lowest BCUT2D eigenvalue weighted by Crippen LogP contribution is -2.33. The van der Waals surface area contributed by atoms with Crippen molar-refractivity contribution in [2.75, 3.05) is 24.5 Å². The summed E-state index contributed by atoms with van der Waals surface area (Å²) in [5.74, 6) is 0.588. The Labute approximate surface area is 105 Å². The molecule has 1 saturated heterocycles. The van der Waals surface area contributed by atoms with Gasteiger partial charge in [0.2, 0.25) is 11.8 Å². The molecule has 0 radical (unpaired) electrons. The van der Waals surface area contributed by atoms with E-state index >= 15 is 0 Å². The molecule has 18 heavy (non-hydrogen) atoms. The topological polar surface area (TPSA) is 83.3 Å². The summed E-state index contributed by atoms with van der Waals surface area (Å²) in [7, 11) is 0. The van der Waals surface area contributed by atoms with Crippen molar-refractivity contribution in [3.63, 3.8) is 0 Å². The van der Waals surface area contributed by atoms with Gasteiger partial charge in [-0.25, -0.2) is 0 Å². The summed E-state index contributed by atoms with van der Waals surface area (Å²) in [5, 5.41) is 14.1. The van der Waals surface area contributed by atoms with E-state index in [0.717, 1.165) is 13.0 Å². The SMILES string of the molecule is O=C1CN(c2nnc(CNC3CC3)o2)CCCN1. The van der Waals surface area contributed by atoms with Crippen LogP contribution in [0.15, 0.2) is 4.42 Å². The van der Waals surface area contributed by atoms with Crippen LogP contribution in [0.1, 0.15) is 25.2 Å². The first-order chi connectivity index (χ1) is 8.81. The molecule has 2 heterocycles. The van der Waals surface area contributed by atoms with Crippen molar-refractivity contribution in [1.82, 2.24) is 20.8 Å². The Balaban J connectivity index is 1.61. The fraction of sp³-hybridized carbons (Fsp3) is 0.727. The molecule has 2 fully saturated rings. The summed E-state index contributed by atoms with van der Waals surface area (Å²) in [4.78, 5) is 13.3. The zero-order valence-corrected chi connectivity index (χ0v) is 10.2. The van der Waals surface area contributed by atoms with Crippen molar-refractivity contribution in [2.45, 2.75) is 31.8 Å². The normalized spacial score (nSPS) is 20.7. The molecule has 0 aromatic carbocycles. The number of carbonyl (C=O) groups is 1. The van der Waals surface area contributed by atoms with E-state index in [1.165, 1.54) is 12.8 Å². The van der Waals surface area contributed by atoms with Crippen molar-refractivity contribution in [2.24, 2.45) is 0 Å². The average Bonchev–Trinajstić information content (AvgIpc) is 3.12. The zero-order valence-electron chi connectivity index (χ0n) is 10.2. The Kier molecular flexibility index (Phi) is 3.14. The molecule has 1 saturated carbocycles. The van der Waals surface area contributed by atoms with Crippen molar-refractivity contribution in [1.29, 1.82) is 0 Å². The first-order valence-corrected chi connectivity index (χ1v) is 6.39. The van der Waals surface area contributed by atoms with Crippen LogP contribution in [0.2, 0.25) is 0 Å². The zero-order chi connectivity index (χ0) is 12.4. The highest BCUT2D eigenvalue weighted by Crippen LogP contribution is 2.20. The van der Waals surface area contributed by atoms with E-state index in [2.05, 4.69) is 20.8 Å². The Morgan fingerprint density at radius 3 is 3.17 bits per heavy atom. The molecule has 1 amide bonds. The van der Waals surface area contributed by atoms with Crippen LogP contribution in [0.5, 0.6) is 0 Å². The molecule has 1 aliphatic carbocycles. The first-order valence-electron chi connectivity index (χ1n) is 6.39. The molecule has 98 valence electrons. The third-order valence-electron chi connectivity index (χ3n) is 3.11. The largest absolute Gasteiger partial charge is 0.407 e. The second-order valence-electron chi connectivity index (χ2n) is 4.76. The number of aromatic nitrogens is 2. The number of nitrogens with one attached hydrogen (secondary N) is 2. The van der Waals surface area contributed by atoms with Crippen molar-refractivity contribution in [3.05, 3.63) is 5.89 Å². The summed E-state index contributed by atoms with van der Waals surface area (Å²) in [6.07, 6.45) is 3.35. The summed E-state index contributed by atoms with van der Waals surface area (Å²) in [6.45, 7) is 2.37. The van der Waals surface area contributed by atoms with E-state index in [1.54, 1.807) is 0 Å². The van der Waals surface area contributed by atoms with E-state index in [-0.39, 0.29) is 12.5 Å². The van der Waals surface area contributed by atoms with Gasteiger partial charge >= 0.3 is 6.01 Å². The van der Waals surface area contributed by atoms with Gasteiger partial charge in [-0.05, 0) is 19.3 Å². The minimum Gasteiger partial charge on any atom is -0.407 e. The molecule has 0 bridgehead atoms. The predicted molar refractivity (Wildman–Crippen MR) is 64.0 cm³/mol. The second kappa shape index (κ2) is 4.93. The maximum atomic E-state index is 11.4. The van der Waals surface area contributed by atoms with Crippen LogP contribution in [0.3, 0.4) is 0 Å². The highest BCUT2D eigenvalue weighted by molar-refractivity contribution is 5.80. The highest BCUT2D eigenvalue weighted by Gasteiger charge is 2.23. The molecule has 2 aliphatic rings. The molecule has 7 heteroatoms. The maximum Gasteiger partial charge on any atom is 0.318 e. The van der Waals surface area contributed by atoms with Gasteiger partial charge in [0.05, 0.1) is 6.54 Å². The minimum atomic E-state index is 0.00311. The third kappa shape index (κ3) is 2.79. The van der Waals surface area contributed by atoms with Gasteiger partial charge in [0, 0.05) is 19.1 Å². The summed E-state index contributed by atoms with van der Waals surface area (Å²) in [6, 6.07) is 1.06. The summed E-state index contributed by atoms with van der Waals surface area (Å²) < 4.78 is 5.57. The summed E-state index contributed by atoms with van der Waals surface area (Å²) >= 11 is 0. The van der Waals surface area contributed by atoms with Gasteiger partial charge in [0.15, 0.2) is 0 Å². The molecule has 7 nitrogen and oxygen atoms in total. The van der Waals surface area contributed by atoms with Gasteiger partial charge in [-0.1, -0.05) is 5.10 Å². The van der Waals surface area contributed by atoms with Gasteiger partial charge in [0.1, 0.15) is 6.54 Å². The van der Waals surface area contributed by atoms with Gasteiger partial charge < -0.3 is 20.0 Å². The van der Waals surface area contributed by atoms with Crippen LogP contribution in [0.4, 0.5) is 6.01 Å². The smallest absolute Gasteiger partial charge is 0.318 e. The van der Waals surface area contributed by atoms with E-state index in [9.17, 15) is 4.79 Å². The molecule has 2 N–H and O–H groups in total. The fourth-order valence-corrected chi connectivity index (χ4v) is 1.93. The Morgan fingerprint density at radius 2 is 2.33 bits per heavy atom. The van der Waals surface area contributed by atoms with Gasteiger partial charge in [-0.2, -0.15) is 0 Å². The van der Waals surface area contributed by atoms with Crippen LogP contribution in [0.25, 0.3) is 0 Å². The number of anilines is 1. The molecule has 1 aromatic rings. The third-order valence-corrected chi connectivity index (χ3v) is 3.11. The van der Waals surface area contributed by atoms with Crippen LogP contribution in [0, 0.1) is 0 Å². The Morgan fingerprint density at radius 1 is 1.44 bits per heavy atom. The van der Waals surface area contributed by atoms with Crippen LogP contribution >= 0.6 is 0 Å². The number of hydrogen-bond donors (Lipinski definition) is 2. The number of rotatable bonds is 4. The molecular weight excluding hydrogens is 234 g/mol. The number of carbonyl (C=O) groups excluding carboxylic acids is 1. The second-order valence-corrected chi connectivity index (χ2v) is 4.76. The van der Waals surface area contributed by atoms with Crippen LogP contribution in [-0.4, -0.2) is 41.8 Å². The van der Waals surface area contributed by atoms with Crippen LogP contribution < -0.4 is 15.5 Å². The van der Waals surface area contributed by atoms with E-state index in [4.69, 9.17) is 4.42 Å². The maximum absolute atomic E-state index is 11.4. The van der Waals surface area contributed by atoms with Crippen molar-refractivity contribution in [3.8, 4) is 0 Å². The molecule has 0 spiro atoms. The number of hydrogen-bond acceptors (Lipinski definition) is 6. The summed E-state index contributed by atoms with van der Waals surface area (Å²) in [5.41, 5.74) is 0. The Hall–Kier alpha value is -1.63. The first kappa shape index (κ1) is 11.5. The number of nitrogens with zero attached hydrogens (tertiary/aromatic N) is 3. The lowest BCUT2D eigenvalue weighted by molar-refractivity contribution is -0.119. The quantitative estimate of drug-likeness (QED) is 0.761. The highest BCUT2D eigenvalue weighted by atomic mass is 16.4. The Bertz CT molecular complexity index is 429. The van der Waals surface area contributed by atoms with Gasteiger partial charge in [-0.3, -0.25) is 4.79 Å². The van der Waals surface area contributed by atoms with Crippen molar-refractivity contribution < 1.29 is 9.21 Å². The lowest BCUT2D eigenvalue weighted by atomic mass is 10.4. The van der Waals surface area contributed by atoms with Gasteiger partial charge in [-0.15, -0.1) is 5.10 Å². The molecule has 1 aliphatic heterocycles. The molecule has 0 unspecified atom stereocenters. The predicted octanol–water partition coefficient (Wildman–Crippen LogP) is -0.352. The average molecular weight is 251 g/mol. The minimum absolute atomic E-state index is 0.00311. The van der Waals surface area contributed by atoms with E-state index in [0.29, 0.717) is 31.0 Å².